The lowest BCUT2D eigenvalue weighted by Gasteiger charge is -2.09. The van der Waals surface area contributed by atoms with Crippen LogP contribution in [-0.4, -0.2) is 17.9 Å². The molecular weight excluding hydrogens is 250 g/mol. The van der Waals surface area contributed by atoms with Gasteiger partial charge in [-0.25, -0.2) is 4.98 Å². The summed E-state index contributed by atoms with van der Waals surface area (Å²) in [4.78, 5) is 15.9. The van der Waals surface area contributed by atoms with Gasteiger partial charge in [0, 0.05) is 13.5 Å². The van der Waals surface area contributed by atoms with E-state index in [0.29, 0.717) is 12.3 Å². The Hall–Kier alpha value is -1.29. The van der Waals surface area contributed by atoms with Crippen LogP contribution in [0.1, 0.15) is 32.1 Å². The summed E-state index contributed by atoms with van der Waals surface area (Å²) >= 11 is 0. The average Bonchev–Trinajstić information content (AvgIpc) is 2.82. The van der Waals surface area contributed by atoms with E-state index in [1.807, 2.05) is 19.2 Å². The summed E-state index contributed by atoms with van der Waals surface area (Å²) in [5, 5.41) is 5.83. The van der Waals surface area contributed by atoms with Crippen molar-refractivity contribution < 1.29 is 4.79 Å². The van der Waals surface area contributed by atoms with E-state index in [9.17, 15) is 4.79 Å². The van der Waals surface area contributed by atoms with Gasteiger partial charge in [-0.3, -0.25) is 4.79 Å². The van der Waals surface area contributed by atoms with Crippen LogP contribution in [0.15, 0.2) is 18.3 Å². The highest BCUT2D eigenvalue weighted by atomic mass is 35.5. The molecule has 0 unspecified atom stereocenters. The Balaban J connectivity index is 0.00000162. The monoisotopic (exact) mass is 269 g/mol. The van der Waals surface area contributed by atoms with Crippen LogP contribution in [0, 0.1) is 5.92 Å². The molecule has 1 aromatic rings. The van der Waals surface area contributed by atoms with Gasteiger partial charge >= 0.3 is 0 Å². The zero-order chi connectivity index (χ0) is 12.1. The molecule has 1 heterocycles. The highest BCUT2D eigenvalue weighted by Crippen LogP contribution is 2.27. The second-order valence-corrected chi connectivity index (χ2v) is 4.58. The molecule has 2 rings (SSSR count). The largest absolute Gasteiger partial charge is 0.373 e. The molecule has 0 aromatic carbocycles. The van der Waals surface area contributed by atoms with Crippen LogP contribution in [0.4, 0.5) is 11.5 Å². The van der Waals surface area contributed by atoms with Gasteiger partial charge in [-0.2, -0.15) is 0 Å². The third kappa shape index (κ3) is 4.18. The number of anilines is 2. The van der Waals surface area contributed by atoms with E-state index >= 15 is 0 Å². The SMILES string of the molecule is CNc1ccc(NC(=O)CC2CCCC2)cn1.Cl. The Kier molecular flexibility index (Phi) is 5.92. The van der Waals surface area contributed by atoms with Crippen molar-refractivity contribution >= 4 is 29.8 Å². The first-order chi connectivity index (χ1) is 8.28. The van der Waals surface area contributed by atoms with Gasteiger partial charge in [-0.1, -0.05) is 12.8 Å². The first kappa shape index (κ1) is 14.8. The van der Waals surface area contributed by atoms with Crippen LogP contribution in [-0.2, 0) is 4.79 Å². The third-order valence-corrected chi connectivity index (χ3v) is 3.25. The van der Waals surface area contributed by atoms with Crippen LogP contribution >= 0.6 is 12.4 Å². The number of hydrogen-bond acceptors (Lipinski definition) is 3. The molecule has 1 aliphatic carbocycles. The molecule has 2 N–H and O–H groups in total. The fourth-order valence-corrected chi connectivity index (χ4v) is 2.30. The van der Waals surface area contributed by atoms with E-state index in [1.54, 1.807) is 6.20 Å². The molecule has 100 valence electrons. The second-order valence-electron chi connectivity index (χ2n) is 4.58. The molecule has 0 spiro atoms. The van der Waals surface area contributed by atoms with Crippen molar-refractivity contribution in [2.75, 3.05) is 17.7 Å². The number of nitrogens with one attached hydrogen (secondary N) is 2. The van der Waals surface area contributed by atoms with E-state index in [0.717, 1.165) is 11.5 Å². The Morgan fingerprint density at radius 2 is 2.11 bits per heavy atom. The number of amides is 1. The van der Waals surface area contributed by atoms with Gasteiger partial charge < -0.3 is 10.6 Å². The molecule has 0 bridgehead atoms. The van der Waals surface area contributed by atoms with Crippen molar-refractivity contribution in [3.63, 3.8) is 0 Å². The maximum atomic E-state index is 11.8. The smallest absolute Gasteiger partial charge is 0.224 e. The Labute approximate surface area is 114 Å². The maximum absolute atomic E-state index is 11.8. The summed E-state index contributed by atoms with van der Waals surface area (Å²) in [6, 6.07) is 3.72. The topological polar surface area (TPSA) is 54.0 Å². The predicted octanol–water partition coefficient (Wildman–Crippen LogP) is 3.06. The Morgan fingerprint density at radius 3 is 2.67 bits per heavy atom. The number of halogens is 1. The van der Waals surface area contributed by atoms with E-state index in [-0.39, 0.29) is 18.3 Å². The minimum absolute atomic E-state index is 0. The molecule has 0 aliphatic heterocycles. The fraction of sp³-hybridized carbons (Fsp3) is 0.538. The molecule has 4 nitrogen and oxygen atoms in total. The molecule has 0 atom stereocenters. The summed E-state index contributed by atoms with van der Waals surface area (Å²) < 4.78 is 0. The summed E-state index contributed by atoms with van der Waals surface area (Å²) in [7, 11) is 1.82. The number of nitrogens with zero attached hydrogens (tertiary/aromatic N) is 1. The molecule has 0 saturated heterocycles. The summed E-state index contributed by atoms with van der Waals surface area (Å²) in [6.07, 6.45) is 7.27. The maximum Gasteiger partial charge on any atom is 0.224 e. The molecule has 18 heavy (non-hydrogen) atoms. The van der Waals surface area contributed by atoms with Crippen LogP contribution in [0.3, 0.4) is 0 Å². The number of pyridine rings is 1. The lowest BCUT2D eigenvalue weighted by molar-refractivity contribution is -0.117. The highest BCUT2D eigenvalue weighted by Gasteiger charge is 2.18. The van der Waals surface area contributed by atoms with Gasteiger partial charge in [0.25, 0.3) is 0 Å². The van der Waals surface area contributed by atoms with Crippen molar-refractivity contribution in [2.24, 2.45) is 5.92 Å². The minimum Gasteiger partial charge on any atom is -0.373 e. The number of carbonyl (C=O) groups is 1. The lowest BCUT2D eigenvalue weighted by Crippen LogP contribution is -2.15. The first-order valence-electron chi connectivity index (χ1n) is 6.21. The van der Waals surface area contributed by atoms with Gasteiger partial charge in [-0.05, 0) is 30.9 Å². The van der Waals surface area contributed by atoms with Crippen molar-refractivity contribution in [2.45, 2.75) is 32.1 Å². The van der Waals surface area contributed by atoms with Gasteiger partial charge in [0.05, 0.1) is 11.9 Å². The minimum atomic E-state index is 0. The third-order valence-electron chi connectivity index (χ3n) is 3.25. The van der Waals surface area contributed by atoms with Gasteiger partial charge in [-0.15, -0.1) is 12.4 Å². The number of hydrogen-bond donors (Lipinski definition) is 2. The Morgan fingerprint density at radius 1 is 1.39 bits per heavy atom. The molecule has 1 saturated carbocycles. The van der Waals surface area contributed by atoms with Crippen molar-refractivity contribution in [1.82, 2.24) is 4.98 Å². The zero-order valence-corrected chi connectivity index (χ0v) is 11.4. The van der Waals surface area contributed by atoms with Gasteiger partial charge in [0.2, 0.25) is 5.91 Å². The quantitative estimate of drug-likeness (QED) is 0.883. The van der Waals surface area contributed by atoms with E-state index < -0.39 is 0 Å². The van der Waals surface area contributed by atoms with Crippen LogP contribution < -0.4 is 10.6 Å². The Bertz CT molecular complexity index is 374. The molecule has 0 radical (unpaired) electrons. The molecule has 1 aliphatic rings. The van der Waals surface area contributed by atoms with Crippen LogP contribution in [0.5, 0.6) is 0 Å². The lowest BCUT2D eigenvalue weighted by atomic mass is 10.0. The summed E-state index contributed by atoms with van der Waals surface area (Å²) in [6.45, 7) is 0. The van der Waals surface area contributed by atoms with Crippen molar-refractivity contribution in [3.8, 4) is 0 Å². The average molecular weight is 270 g/mol. The van der Waals surface area contributed by atoms with Crippen LogP contribution in [0.2, 0.25) is 0 Å². The molecule has 1 aromatic heterocycles. The van der Waals surface area contributed by atoms with E-state index in [4.69, 9.17) is 0 Å². The standard InChI is InChI=1S/C13H19N3O.ClH/c1-14-12-7-6-11(9-15-12)16-13(17)8-10-4-2-3-5-10;/h6-7,9-10H,2-5,8H2,1H3,(H,14,15)(H,16,17);1H. The van der Waals surface area contributed by atoms with Gasteiger partial charge in [0.1, 0.15) is 5.82 Å². The molecule has 1 amide bonds. The fourth-order valence-electron chi connectivity index (χ4n) is 2.30. The zero-order valence-electron chi connectivity index (χ0n) is 10.6. The normalized spacial score (nSPS) is 14.9. The number of rotatable bonds is 4. The summed E-state index contributed by atoms with van der Waals surface area (Å²) in [5.74, 6) is 1.49. The van der Waals surface area contributed by atoms with Gasteiger partial charge in [0.15, 0.2) is 0 Å². The van der Waals surface area contributed by atoms with Crippen molar-refractivity contribution in [1.29, 1.82) is 0 Å². The highest BCUT2D eigenvalue weighted by molar-refractivity contribution is 5.90. The number of carbonyl (C=O) groups excluding carboxylic acids is 1. The second kappa shape index (κ2) is 7.21. The molecular formula is C13H20ClN3O. The van der Waals surface area contributed by atoms with Crippen molar-refractivity contribution in [3.05, 3.63) is 18.3 Å². The predicted molar refractivity (Wildman–Crippen MR) is 76.2 cm³/mol. The first-order valence-corrected chi connectivity index (χ1v) is 6.21. The number of aromatic nitrogens is 1. The van der Waals surface area contributed by atoms with E-state index in [1.165, 1.54) is 25.7 Å². The molecule has 1 fully saturated rings. The van der Waals surface area contributed by atoms with Crippen LogP contribution in [0.25, 0.3) is 0 Å². The summed E-state index contributed by atoms with van der Waals surface area (Å²) in [5.41, 5.74) is 0.770. The molecule has 5 heteroatoms. The van der Waals surface area contributed by atoms with E-state index in [2.05, 4.69) is 15.6 Å².